The van der Waals surface area contributed by atoms with Gasteiger partial charge in [-0.1, -0.05) is 76.4 Å². The van der Waals surface area contributed by atoms with Crippen molar-refractivity contribution in [3.8, 4) is 16.9 Å². The van der Waals surface area contributed by atoms with Crippen LogP contribution in [0.25, 0.3) is 11.1 Å². The van der Waals surface area contributed by atoms with Gasteiger partial charge in [-0.15, -0.1) is 0 Å². The lowest BCUT2D eigenvalue weighted by atomic mass is 9.72. The molecule has 8 nitrogen and oxygen atoms in total. The Morgan fingerprint density at radius 3 is 2.31 bits per heavy atom. The van der Waals surface area contributed by atoms with Crippen LogP contribution in [0.2, 0.25) is 0 Å². The smallest absolute Gasteiger partial charge is 0.326 e. The number of aliphatic carboxylic acids is 1. The maximum atomic E-state index is 14.3. The Morgan fingerprint density at radius 2 is 1.69 bits per heavy atom. The van der Waals surface area contributed by atoms with Gasteiger partial charge in [-0.3, -0.25) is 4.79 Å². The SMILES string of the molecule is COc1ccc(-c2cncnc2)cc1CN[C@H]1[C@H](C(C)(C)C)[C@@H](C(=O)O)N(C(=O)C2CCCCC2)[C@H]1c1ccccc1. The van der Waals surface area contributed by atoms with Crippen molar-refractivity contribution in [1.82, 2.24) is 20.2 Å². The number of benzene rings is 2. The van der Waals surface area contributed by atoms with E-state index in [2.05, 4.69) is 42.1 Å². The number of ether oxygens (including phenoxy) is 1. The average Bonchev–Trinajstić information content (AvgIpc) is 3.37. The molecule has 1 aliphatic heterocycles. The van der Waals surface area contributed by atoms with Crippen LogP contribution in [-0.4, -0.2) is 51.0 Å². The summed E-state index contributed by atoms with van der Waals surface area (Å²) in [5.74, 6) is -0.735. The summed E-state index contributed by atoms with van der Waals surface area (Å²) in [7, 11) is 1.65. The van der Waals surface area contributed by atoms with Crippen LogP contribution < -0.4 is 10.1 Å². The number of carboxylic acids is 1. The van der Waals surface area contributed by atoms with E-state index >= 15 is 0 Å². The number of carbonyl (C=O) groups excluding carboxylic acids is 1. The molecule has 4 atom stereocenters. The van der Waals surface area contributed by atoms with Crippen LogP contribution in [0.1, 0.15) is 70.0 Å². The van der Waals surface area contributed by atoms with Crippen LogP contribution in [0.4, 0.5) is 0 Å². The molecule has 2 aromatic carbocycles. The fourth-order valence-corrected chi connectivity index (χ4v) is 7.06. The van der Waals surface area contributed by atoms with E-state index in [1.807, 2.05) is 42.5 Å². The number of hydrogen-bond acceptors (Lipinski definition) is 6. The van der Waals surface area contributed by atoms with Gasteiger partial charge in [0, 0.05) is 47.9 Å². The van der Waals surface area contributed by atoms with E-state index < -0.39 is 23.5 Å². The summed E-state index contributed by atoms with van der Waals surface area (Å²) in [6, 6.07) is 14.2. The first kappa shape index (κ1) is 29.7. The van der Waals surface area contributed by atoms with E-state index in [1.54, 1.807) is 24.4 Å². The molecule has 2 fully saturated rings. The molecule has 42 heavy (non-hydrogen) atoms. The van der Waals surface area contributed by atoms with Gasteiger partial charge < -0.3 is 20.1 Å². The normalized spacial score (nSPS) is 23.1. The molecule has 0 bridgehead atoms. The second kappa shape index (κ2) is 12.6. The number of nitrogens with zero attached hydrogens (tertiary/aromatic N) is 3. The molecule has 0 radical (unpaired) electrons. The van der Waals surface area contributed by atoms with Gasteiger partial charge in [0.1, 0.15) is 18.1 Å². The zero-order chi connectivity index (χ0) is 29.9. The third kappa shape index (κ3) is 6.04. The Balaban J connectivity index is 1.57. The van der Waals surface area contributed by atoms with Crippen molar-refractivity contribution in [3.63, 3.8) is 0 Å². The van der Waals surface area contributed by atoms with Crippen molar-refractivity contribution in [2.75, 3.05) is 7.11 Å². The summed E-state index contributed by atoms with van der Waals surface area (Å²) in [6.07, 6.45) is 9.82. The van der Waals surface area contributed by atoms with Crippen LogP contribution in [0.3, 0.4) is 0 Å². The molecule has 222 valence electrons. The van der Waals surface area contributed by atoms with Gasteiger partial charge in [-0.25, -0.2) is 14.8 Å². The molecule has 2 N–H and O–H groups in total. The summed E-state index contributed by atoms with van der Waals surface area (Å²) < 4.78 is 5.73. The molecule has 3 aromatic rings. The van der Waals surface area contributed by atoms with Gasteiger partial charge >= 0.3 is 5.97 Å². The number of carbonyl (C=O) groups is 2. The van der Waals surface area contributed by atoms with Gasteiger partial charge in [0.05, 0.1) is 13.2 Å². The molecule has 8 heteroatoms. The molecule has 0 spiro atoms. The monoisotopic (exact) mass is 570 g/mol. The number of likely N-dealkylation sites (tertiary alicyclic amines) is 1. The highest BCUT2D eigenvalue weighted by Crippen LogP contribution is 2.49. The fourth-order valence-electron chi connectivity index (χ4n) is 7.06. The van der Waals surface area contributed by atoms with Crippen LogP contribution in [0.5, 0.6) is 5.75 Å². The van der Waals surface area contributed by atoms with Crippen molar-refractivity contribution in [1.29, 1.82) is 0 Å². The van der Waals surface area contributed by atoms with Crippen LogP contribution in [0, 0.1) is 17.3 Å². The number of nitrogens with one attached hydrogen (secondary N) is 1. The topological polar surface area (TPSA) is 105 Å². The Morgan fingerprint density at radius 1 is 1.00 bits per heavy atom. The van der Waals surface area contributed by atoms with Crippen molar-refractivity contribution in [3.05, 3.63) is 78.4 Å². The molecule has 1 amide bonds. The number of carboxylic acid groups (broad SMARTS) is 1. The molecule has 5 rings (SSSR count). The van der Waals surface area contributed by atoms with Gasteiger partial charge in [0.15, 0.2) is 0 Å². The first-order valence-corrected chi connectivity index (χ1v) is 15.0. The van der Waals surface area contributed by atoms with Gasteiger partial charge in [-0.2, -0.15) is 0 Å². The van der Waals surface area contributed by atoms with Crippen LogP contribution >= 0.6 is 0 Å². The second-order valence-corrected chi connectivity index (χ2v) is 12.7. The first-order chi connectivity index (χ1) is 20.2. The molecule has 1 saturated heterocycles. The van der Waals surface area contributed by atoms with Crippen molar-refractivity contribution < 1.29 is 19.4 Å². The van der Waals surface area contributed by atoms with E-state index in [0.717, 1.165) is 60.1 Å². The van der Waals surface area contributed by atoms with Crippen LogP contribution in [0.15, 0.2) is 67.3 Å². The van der Waals surface area contributed by atoms with Gasteiger partial charge in [0.2, 0.25) is 5.91 Å². The predicted molar refractivity (Wildman–Crippen MR) is 162 cm³/mol. The highest BCUT2D eigenvalue weighted by atomic mass is 16.5. The van der Waals surface area contributed by atoms with E-state index in [-0.39, 0.29) is 23.8 Å². The zero-order valence-electron chi connectivity index (χ0n) is 25.0. The summed E-state index contributed by atoms with van der Waals surface area (Å²) >= 11 is 0. The molecule has 2 aliphatic rings. The number of rotatable bonds is 8. The summed E-state index contributed by atoms with van der Waals surface area (Å²) in [5, 5.41) is 14.5. The minimum absolute atomic E-state index is 0.0295. The molecular weight excluding hydrogens is 528 g/mol. The number of methoxy groups -OCH3 is 1. The number of aromatic nitrogens is 2. The predicted octanol–water partition coefficient (Wildman–Crippen LogP) is 5.89. The molecule has 1 aliphatic carbocycles. The van der Waals surface area contributed by atoms with Crippen molar-refractivity contribution >= 4 is 11.9 Å². The molecule has 2 heterocycles. The van der Waals surface area contributed by atoms with E-state index in [9.17, 15) is 14.7 Å². The largest absolute Gasteiger partial charge is 0.496 e. The highest BCUT2D eigenvalue weighted by Gasteiger charge is 2.58. The summed E-state index contributed by atoms with van der Waals surface area (Å²) in [5.41, 5.74) is 3.33. The minimum atomic E-state index is -0.951. The maximum Gasteiger partial charge on any atom is 0.326 e. The molecule has 1 aromatic heterocycles. The van der Waals surface area contributed by atoms with Crippen LogP contribution in [-0.2, 0) is 16.1 Å². The fraction of sp³-hybridized carbons (Fsp3) is 0.471. The van der Waals surface area contributed by atoms with Gasteiger partial charge in [0.25, 0.3) is 0 Å². The molecule has 0 unspecified atom stereocenters. The third-order valence-electron chi connectivity index (χ3n) is 8.97. The molecule has 1 saturated carbocycles. The summed E-state index contributed by atoms with van der Waals surface area (Å²) in [6.45, 7) is 6.67. The quantitative estimate of drug-likeness (QED) is 0.348. The highest BCUT2D eigenvalue weighted by molar-refractivity contribution is 5.87. The Bertz CT molecular complexity index is 1370. The Labute approximate surface area is 248 Å². The Kier molecular flexibility index (Phi) is 8.92. The lowest BCUT2D eigenvalue weighted by molar-refractivity contribution is -0.154. The van der Waals surface area contributed by atoms with Gasteiger partial charge in [-0.05, 0) is 41.5 Å². The summed E-state index contributed by atoms with van der Waals surface area (Å²) in [4.78, 5) is 37.4. The third-order valence-corrected chi connectivity index (χ3v) is 8.97. The Hall–Kier alpha value is -3.78. The minimum Gasteiger partial charge on any atom is -0.496 e. The van der Waals surface area contributed by atoms with Crippen molar-refractivity contribution in [2.45, 2.75) is 77.5 Å². The van der Waals surface area contributed by atoms with E-state index in [0.29, 0.717) is 6.54 Å². The second-order valence-electron chi connectivity index (χ2n) is 12.7. The zero-order valence-corrected chi connectivity index (χ0v) is 25.0. The molecular formula is C34H42N4O4. The average molecular weight is 571 g/mol. The number of amides is 1. The van der Waals surface area contributed by atoms with Crippen molar-refractivity contribution in [2.24, 2.45) is 17.3 Å². The van der Waals surface area contributed by atoms with E-state index in [1.165, 1.54) is 6.33 Å². The maximum absolute atomic E-state index is 14.3. The number of hydrogen-bond donors (Lipinski definition) is 2. The standard InChI is InChI=1S/C34H42N4O4/c1-34(2,3)28-29(37-20-25-17-24(15-16-27(25)42-4)26-18-35-21-36-19-26)30(22-11-7-5-8-12-22)38(31(28)33(40)41)32(39)23-13-9-6-10-14-23/h5,7-8,11-12,15-19,21,23,28-31,37H,6,9-10,13-14,20H2,1-4H3,(H,40,41)/t28-,29-,30-,31-/m0/s1. The van der Waals surface area contributed by atoms with E-state index in [4.69, 9.17) is 4.74 Å². The lowest BCUT2D eigenvalue weighted by Gasteiger charge is -2.36. The lowest BCUT2D eigenvalue weighted by Crippen LogP contribution is -2.49. The first-order valence-electron chi connectivity index (χ1n) is 15.0.